The van der Waals surface area contributed by atoms with Gasteiger partial charge in [0.15, 0.2) is 0 Å². The molecule has 4 nitrogen and oxygen atoms in total. The van der Waals surface area contributed by atoms with E-state index in [1.165, 1.54) is 12.6 Å². The Morgan fingerprint density at radius 1 is 1.57 bits per heavy atom. The number of hydrogen-bond donors (Lipinski definition) is 1. The highest BCUT2D eigenvalue weighted by molar-refractivity contribution is 5.61. The Hall–Kier alpha value is -1.84. The Morgan fingerprint density at radius 2 is 2.36 bits per heavy atom. The number of allylic oxidation sites excluding steroid dienone is 1. The van der Waals surface area contributed by atoms with E-state index in [2.05, 4.69) is 9.97 Å². The fraction of sp³-hybridized carbons (Fsp3) is 0.200. The lowest BCUT2D eigenvalue weighted by Crippen LogP contribution is -1.89. The van der Waals surface area contributed by atoms with E-state index in [4.69, 9.17) is 9.84 Å². The molecule has 1 rings (SSSR count). The van der Waals surface area contributed by atoms with Gasteiger partial charge in [0, 0.05) is 17.8 Å². The number of aliphatic hydroxyl groups excluding tert-OH is 1. The topological polar surface area (TPSA) is 55.2 Å². The average molecular weight is 192 g/mol. The summed E-state index contributed by atoms with van der Waals surface area (Å²) in [6.07, 6.45) is 7.91. The molecule has 0 aliphatic heterocycles. The number of hydrogen-bond acceptors (Lipinski definition) is 4. The Kier molecular flexibility index (Phi) is 3.67. The van der Waals surface area contributed by atoms with Crippen molar-refractivity contribution in [2.24, 2.45) is 0 Å². The van der Waals surface area contributed by atoms with Crippen LogP contribution in [0.15, 0.2) is 24.5 Å². The molecular formula is C10H12N2O2. The van der Waals surface area contributed by atoms with Crippen molar-refractivity contribution in [2.45, 2.75) is 6.92 Å². The molecule has 1 aromatic heterocycles. The van der Waals surface area contributed by atoms with E-state index < -0.39 is 0 Å². The highest BCUT2D eigenvalue weighted by Crippen LogP contribution is 2.09. The lowest BCUT2D eigenvalue weighted by atomic mass is 10.2. The summed E-state index contributed by atoms with van der Waals surface area (Å²) in [5.41, 5.74) is 1.45. The van der Waals surface area contributed by atoms with Gasteiger partial charge in [-0.3, -0.25) is 0 Å². The molecule has 14 heavy (non-hydrogen) atoms. The van der Waals surface area contributed by atoms with Gasteiger partial charge in [-0.1, -0.05) is 0 Å². The lowest BCUT2D eigenvalue weighted by Gasteiger charge is -1.98. The minimum Gasteiger partial charge on any atom is -0.513 e. The van der Waals surface area contributed by atoms with E-state index in [1.54, 1.807) is 32.4 Å². The monoisotopic (exact) mass is 192 g/mol. The van der Waals surface area contributed by atoms with Crippen LogP contribution in [-0.4, -0.2) is 22.2 Å². The largest absolute Gasteiger partial charge is 0.513 e. The molecule has 0 saturated carbocycles. The number of aromatic nitrogens is 2. The van der Waals surface area contributed by atoms with Crippen molar-refractivity contribution in [1.82, 2.24) is 9.97 Å². The van der Waals surface area contributed by atoms with Crippen LogP contribution in [0.4, 0.5) is 0 Å². The van der Waals surface area contributed by atoms with Crippen molar-refractivity contribution >= 4 is 12.2 Å². The molecule has 0 bridgehead atoms. The third-order valence-electron chi connectivity index (χ3n) is 1.50. The number of nitrogens with zero attached hydrogens (tertiary/aromatic N) is 2. The van der Waals surface area contributed by atoms with Crippen LogP contribution in [0.25, 0.3) is 12.2 Å². The van der Waals surface area contributed by atoms with Crippen LogP contribution in [0.5, 0.6) is 0 Å². The minimum absolute atomic E-state index is 0.204. The number of aliphatic hydroxyl groups is 1. The summed E-state index contributed by atoms with van der Waals surface area (Å²) in [6, 6.07) is 0. The van der Waals surface area contributed by atoms with Crippen LogP contribution in [0.1, 0.15) is 18.2 Å². The van der Waals surface area contributed by atoms with Gasteiger partial charge in [-0.2, -0.15) is 0 Å². The summed E-state index contributed by atoms with van der Waals surface area (Å²) in [4.78, 5) is 7.89. The van der Waals surface area contributed by atoms with Gasteiger partial charge in [0.2, 0.25) is 0 Å². The molecule has 0 radical (unpaired) electrons. The number of rotatable bonds is 3. The molecule has 0 spiro atoms. The normalized spacial score (nSPS) is 12.0. The van der Waals surface area contributed by atoms with Crippen molar-refractivity contribution in [3.63, 3.8) is 0 Å². The van der Waals surface area contributed by atoms with Crippen LogP contribution in [0, 0.1) is 0 Å². The maximum atomic E-state index is 9.10. The average Bonchev–Trinajstić information content (AvgIpc) is 2.16. The molecule has 0 amide bonds. The van der Waals surface area contributed by atoms with Crippen LogP contribution in [0.2, 0.25) is 0 Å². The van der Waals surface area contributed by atoms with Crippen molar-refractivity contribution in [1.29, 1.82) is 0 Å². The first-order chi connectivity index (χ1) is 6.74. The molecule has 1 N–H and O–H groups in total. The van der Waals surface area contributed by atoms with E-state index in [-0.39, 0.29) is 5.76 Å². The fourth-order valence-electron chi connectivity index (χ4n) is 0.938. The molecule has 74 valence electrons. The zero-order valence-electron chi connectivity index (χ0n) is 8.14. The second kappa shape index (κ2) is 5.01. The van der Waals surface area contributed by atoms with Gasteiger partial charge in [0.1, 0.15) is 6.33 Å². The van der Waals surface area contributed by atoms with E-state index in [0.717, 1.165) is 5.56 Å². The molecule has 1 aromatic rings. The van der Waals surface area contributed by atoms with Crippen LogP contribution in [0.3, 0.4) is 0 Å². The summed E-state index contributed by atoms with van der Waals surface area (Å²) in [7, 11) is 1.56. The number of methoxy groups -OCH3 is 1. The zero-order chi connectivity index (χ0) is 10.4. The van der Waals surface area contributed by atoms with E-state index >= 15 is 0 Å². The van der Waals surface area contributed by atoms with E-state index in [1.807, 2.05) is 0 Å². The Balaban J connectivity index is 3.03. The molecule has 4 heteroatoms. The predicted molar refractivity (Wildman–Crippen MR) is 54.4 cm³/mol. The first kappa shape index (κ1) is 10.2. The summed E-state index contributed by atoms with van der Waals surface area (Å²) in [5.74, 6) is 0.204. The van der Waals surface area contributed by atoms with Gasteiger partial charge in [-0.25, -0.2) is 9.97 Å². The molecule has 0 aliphatic carbocycles. The van der Waals surface area contributed by atoms with Crippen molar-refractivity contribution in [2.75, 3.05) is 7.11 Å². The Bertz CT molecular complexity index is 355. The maximum absolute atomic E-state index is 9.10. The standard InChI is InChI=1S/C10H12N2O2/c1-8(13)5-10-9(3-4-14-2)6-11-7-12-10/h3-7,13H,1-2H3/b4-3+,8-5+. The van der Waals surface area contributed by atoms with Crippen LogP contribution in [-0.2, 0) is 4.74 Å². The van der Waals surface area contributed by atoms with Crippen LogP contribution < -0.4 is 0 Å². The maximum Gasteiger partial charge on any atom is 0.116 e. The summed E-state index contributed by atoms with van der Waals surface area (Å²) >= 11 is 0. The SMILES string of the molecule is CO/C=C/c1cncnc1/C=C(\C)O. The summed E-state index contributed by atoms with van der Waals surface area (Å²) < 4.78 is 4.79. The molecule has 0 unspecified atom stereocenters. The molecule has 1 heterocycles. The molecule has 0 aromatic carbocycles. The fourth-order valence-corrected chi connectivity index (χ4v) is 0.938. The molecule has 0 aliphatic rings. The van der Waals surface area contributed by atoms with Crippen molar-refractivity contribution in [3.8, 4) is 0 Å². The third-order valence-corrected chi connectivity index (χ3v) is 1.50. The van der Waals surface area contributed by atoms with Gasteiger partial charge in [0.25, 0.3) is 0 Å². The molecule has 0 fully saturated rings. The summed E-state index contributed by atoms with van der Waals surface area (Å²) in [6.45, 7) is 1.59. The van der Waals surface area contributed by atoms with E-state index in [0.29, 0.717) is 5.69 Å². The van der Waals surface area contributed by atoms with Gasteiger partial charge in [-0.15, -0.1) is 0 Å². The van der Waals surface area contributed by atoms with Crippen LogP contribution >= 0.6 is 0 Å². The second-order valence-electron chi connectivity index (χ2n) is 2.69. The second-order valence-corrected chi connectivity index (χ2v) is 2.69. The number of ether oxygens (including phenoxy) is 1. The highest BCUT2D eigenvalue weighted by Gasteiger charge is 1.97. The molecular weight excluding hydrogens is 180 g/mol. The van der Waals surface area contributed by atoms with Crippen molar-refractivity contribution in [3.05, 3.63) is 35.8 Å². The highest BCUT2D eigenvalue weighted by atomic mass is 16.5. The smallest absolute Gasteiger partial charge is 0.116 e. The first-order valence-corrected chi connectivity index (χ1v) is 4.10. The Morgan fingerprint density at radius 3 is 3.00 bits per heavy atom. The van der Waals surface area contributed by atoms with Gasteiger partial charge in [0.05, 0.1) is 24.8 Å². The molecule has 0 saturated heterocycles. The lowest BCUT2D eigenvalue weighted by molar-refractivity contribution is 0.341. The van der Waals surface area contributed by atoms with E-state index in [9.17, 15) is 0 Å². The van der Waals surface area contributed by atoms with Gasteiger partial charge >= 0.3 is 0 Å². The first-order valence-electron chi connectivity index (χ1n) is 4.10. The van der Waals surface area contributed by atoms with Gasteiger partial charge < -0.3 is 9.84 Å². The quantitative estimate of drug-likeness (QED) is 0.744. The summed E-state index contributed by atoms with van der Waals surface area (Å²) in [5, 5.41) is 9.10. The van der Waals surface area contributed by atoms with Gasteiger partial charge in [-0.05, 0) is 13.0 Å². The van der Waals surface area contributed by atoms with Crippen molar-refractivity contribution < 1.29 is 9.84 Å². The minimum atomic E-state index is 0.204. The zero-order valence-corrected chi connectivity index (χ0v) is 8.14. The predicted octanol–water partition coefficient (Wildman–Crippen LogP) is 2.01. The molecule has 0 atom stereocenters. The third kappa shape index (κ3) is 2.90. The Labute approximate surface area is 82.6 Å².